The van der Waals surface area contributed by atoms with E-state index in [2.05, 4.69) is 6.58 Å². The molecule has 1 fully saturated rings. The van der Waals surface area contributed by atoms with Gasteiger partial charge in [-0.25, -0.2) is 9.59 Å². The summed E-state index contributed by atoms with van der Waals surface area (Å²) < 4.78 is 10.6. The van der Waals surface area contributed by atoms with Gasteiger partial charge in [-0.3, -0.25) is 4.79 Å². The van der Waals surface area contributed by atoms with E-state index in [9.17, 15) is 14.4 Å². The molecule has 0 aromatic carbocycles. The molecule has 25 heavy (non-hydrogen) atoms. The first-order valence-electron chi connectivity index (χ1n) is 8.44. The molecule has 5 nitrogen and oxygen atoms in total. The van der Waals surface area contributed by atoms with Crippen LogP contribution in [0.3, 0.4) is 0 Å². The standard InChI is InChI=1S/C20H24O5/c1-13(2)9-19(22)24-12-15-5-4-6-16(11-21)10-18-17(8-7-15)14(3)20(23)25-18/h6-7,9,11,17-18H,3-5,8,10,12H2,1-2H3. The molecule has 2 aliphatic rings. The van der Waals surface area contributed by atoms with Gasteiger partial charge in [-0.2, -0.15) is 0 Å². The second-order valence-electron chi connectivity index (χ2n) is 6.64. The Kier molecular flexibility index (Phi) is 6.51. The maximum Gasteiger partial charge on any atom is 0.334 e. The molecule has 0 saturated carbocycles. The van der Waals surface area contributed by atoms with Crippen molar-refractivity contribution in [1.29, 1.82) is 0 Å². The van der Waals surface area contributed by atoms with Crippen LogP contribution < -0.4 is 0 Å². The summed E-state index contributed by atoms with van der Waals surface area (Å²) in [5.74, 6) is -0.925. The number of ether oxygens (including phenoxy) is 2. The van der Waals surface area contributed by atoms with E-state index in [1.807, 2.05) is 26.0 Å². The first-order valence-corrected chi connectivity index (χ1v) is 8.44. The van der Waals surface area contributed by atoms with Crippen molar-refractivity contribution < 1.29 is 23.9 Å². The van der Waals surface area contributed by atoms with Gasteiger partial charge in [0.05, 0.1) is 0 Å². The van der Waals surface area contributed by atoms with Crippen LogP contribution in [0, 0.1) is 5.92 Å². The summed E-state index contributed by atoms with van der Waals surface area (Å²) in [6.07, 6.45) is 8.12. The van der Waals surface area contributed by atoms with E-state index in [0.29, 0.717) is 36.8 Å². The quantitative estimate of drug-likeness (QED) is 0.339. The van der Waals surface area contributed by atoms with Crippen molar-refractivity contribution in [2.24, 2.45) is 5.92 Å². The minimum Gasteiger partial charge on any atom is -0.458 e. The summed E-state index contributed by atoms with van der Waals surface area (Å²) in [5, 5.41) is 0. The van der Waals surface area contributed by atoms with Crippen LogP contribution in [-0.2, 0) is 23.9 Å². The normalized spacial score (nSPS) is 23.6. The fourth-order valence-electron chi connectivity index (χ4n) is 2.97. The van der Waals surface area contributed by atoms with E-state index in [4.69, 9.17) is 9.47 Å². The Morgan fingerprint density at radius 1 is 1.40 bits per heavy atom. The highest BCUT2D eigenvalue weighted by molar-refractivity contribution is 5.91. The lowest BCUT2D eigenvalue weighted by molar-refractivity contribution is -0.139. The van der Waals surface area contributed by atoms with Gasteiger partial charge < -0.3 is 9.47 Å². The van der Waals surface area contributed by atoms with Crippen LogP contribution in [0.5, 0.6) is 0 Å². The van der Waals surface area contributed by atoms with Gasteiger partial charge >= 0.3 is 11.9 Å². The Balaban J connectivity index is 2.13. The molecule has 0 aromatic rings. The fourth-order valence-corrected chi connectivity index (χ4v) is 2.97. The van der Waals surface area contributed by atoms with Crippen LogP contribution in [0.15, 0.2) is 47.1 Å². The van der Waals surface area contributed by atoms with Crippen molar-refractivity contribution in [2.45, 2.75) is 45.6 Å². The maximum absolute atomic E-state index is 11.8. The molecule has 0 radical (unpaired) electrons. The van der Waals surface area contributed by atoms with Crippen molar-refractivity contribution >= 4 is 18.2 Å². The summed E-state index contributed by atoms with van der Waals surface area (Å²) in [6.45, 7) is 7.69. The molecular weight excluding hydrogens is 320 g/mol. The van der Waals surface area contributed by atoms with Crippen LogP contribution in [0.25, 0.3) is 0 Å². The van der Waals surface area contributed by atoms with Crippen LogP contribution >= 0.6 is 0 Å². The van der Waals surface area contributed by atoms with Gasteiger partial charge in [0.1, 0.15) is 19.0 Å². The molecule has 0 N–H and O–H groups in total. The first kappa shape index (κ1) is 18.9. The Labute approximate surface area is 148 Å². The third kappa shape index (κ3) is 5.28. The van der Waals surface area contributed by atoms with Gasteiger partial charge in [-0.15, -0.1) is 0 Å². The van der Waals surface area contributed by atoms with E-state index in [0.717, 1.165) is 17.4 Å². The summed E-state index contributed by atoms with van der Waals surface area (Å²) in [7, 11) is 0. The summed E-state index contributed by atoms with van der Waals surface area (Å²) in [4.78, 5) is 34.7. The second kappa shape index (κ2) is 8.60. The lowest BCUT2D eigenvalue weighted by Gasteiger charge is -2.18. The molecule has 2 atom stereocenters. The van der Waals surface area contributed by atoms with Crippen molar-refractivity contribution in [3.8, 4) is 0 Å². The predicted molar refractivity (Wildman–Crippen MR) is 93.6 cm³/mol. The van der Waals surface area contributed by atoms with Crippen molar-refractivity contribution in [1.82, 2.24) is 0 Å². The lowest BCUT2D eigenvalue weighted by atomic mass is 9.88. The van der Waals surface area contributed by atoms with Crippen molar-refractivity contribution in [3.05, 3.63) is 47.1 Å². The molecule has 0 spiro atoms. The Morgan fingerprint density at radius 2 is 2.16 bits per heavy atom. The second-order valence-corrected chi connectivity index (χ2v) is 6.64. The molecule has 1 saturated heterocycles. The monoisotopic (exact) mass is 344 g/mol. The predicted octanol–water partition coefficient (Wildman–Crippen LogP) is 3.22. The number of carbonyl (C=O) groups is 3. The van der Waals surface area contributed by atoms with Gasteiger partial charge in [0.15, 0.2) is 0 Å². The summed E-state index contributed by atoms with van der Waals surface area (Å²) in [5.41, 5.74) is 2.90. The molecule has 2 unspecified atom stereocenters. The minimum atomic E-state index is -0.399. The highest BCUT2D eigenvalue weighted by Crippen LogP contribution is 2.34. The fraction of sp³-hybridized carbons (Fsp3) is 0.450. The van der Waals surface area contributed by atoms with Gasteiger partial charge in [-0.1, -0.05) is 24.3 Å². The number of rotatable bonds is 4. The van der Waals surface area contributed by atoms with Crippen LogP contribution in [0.1, 0.15) is 39.5 Å². The zero-order valence-corrected chi connectivity index (χ0v) is 14.7. The van der Waals surface area contributed by atoms with Gasteiger partial charge in [0.25, 0.3) is 0 Å². The van der Waals surface area contributed by atoms with Crippen LogP contribution in [0.2, 0.25) is 0 Å². The number of hydrogen-bond acceptors (Lipinski definition) is 5. The number of aldehydes is 1. The van der Waals surface area contributed by atoms with E-state index in [-0.39, 0.29) is 24.6 Å². The maximum atomic E-state index is 11.8. The number of esters is 2. The largest absolute Gasteiger partial charge is 0.458 e. The van der Waals surface area contributed by atoms with E-state index in [1.54, 1.807) is 0 Å². The van der Waals surface area contributed by atoms with Gasteiger partial charge in [0, 0.05) is 24.0 Å². The summed E-state index contributed by atoms with van der Waals surface area (Å²) in [6, 6.07) is 0. The van der Waals surface area contributed by atoms with E-state index < -0.39 is 5.97 Å². The van der Waals surface area contributed by atoms with E-state index >= 15 is 0 Å². The average Bonchev–Trinajstić information content (AvgIpc) is 2.82. The third-order valence-electron chi connectivity index (χ3n) is 4.34. The van der Waals surface area contributed by atoms with Crippen LogP contribution in [-0.4, -0.2) is 30.9 Å². The molecule has 0 bridgehead atoms. The number of allylic oxidation sites excluding steroid dienone is 3. The molecule has 1 heterocycles. The Bertz CT molecular complexity index is 662. The zero-order chi connectivity index (χ0) is 18.4. The molecule has 5 heteroatoms. The first-order chi connectivity index (χ1) is 11.9. The van der Waals surface area contributed by atoms with Gasteiger partial charge in [0.2, 0.25) is 0 Å². The van der Waals surface area contributed by atoms with Crippen molar-refractivity contribution in [2.75, 3.05) is 6.61 Å². The summed E-state index contributed by atoms with van der Waals surface area (Å²) >= 11 is 0. The number of fused-ring (bicyclic) bond motifs is 1. The highest BCUT2D eigenvalue weighted by atomic mass is 16.6. The third-order valence-corrected chi connectivity index (χ3v) is 4.34. The van der Waals surface area contributed by atoms with Crippen LogP contribution in [0.4, 0.5) is 0 Å². The smallest absolute Gasteiger partial charge is 0.334 e. The Morgan fingerprint density at radius 3 is 2.84 bits per heavy atom. The Hall–Kier alpha value is -2.43. The zero-order valence-electron chi connectivity index (χ0n) is 14.7. The molecule has 0 aromatic heterocycles. The average molecular weight is 344 g/mol. The minimum absolute atomic E-state index is 0.155. The molecule has 1 aliphatic carbocycles. The number of hydrogen-bond donors (Lipinski definition) is 0. The number of carbonyl (C=O) groups excluding carboxylic acids is 3. The van der Waals surface area contributed by atoms with Gasteiger partial charge in [-0.05, 0) is 44.3 Å². The highest BCUT2D eigenvalue weighted by Gasteiger charge is 2.38. The lowest BCUT2D eigenvalue weighted by Crippen LogP contribution is -2.18. The molecule has 134 valence electrons. The molecule has 0 amide bonds. The van der Waals surface area contributed by atoms with E-state index in [1.165, 1.54) is 6.08 Å². The molecule has 1 aliphatic heterocycles. The molecular formula is C20H24O5. The SMILES string of the molecule is C=C1C(=O)OC2CC(C=O)=CCCC(COC(=O)C=C(C)C)=CCC12. The van der Waals surface area contributed by atoms with Crippen molar-refractivity contribution in [3.63, 3.8) is 0 Å². The topological polar surface area (TPSA) is 69.7 Å². The molecule has 2 rings (SSSR count).